The van der Waals surface area contributed by atoms with Crippen molar-refractivity contribution in [3.05, 3.63) is 65.5 Å². The summed E-state index contributed by atoms with van der Waals surface area (Å²) < 4.78 is 15.2. The van der Waals surface area contributed by atoms with Crippen LogP contribution in [0.15, 0.2) is 53.7 Å². The van der Waals surface area contributed by atoms with E-state index in [1.54, 1.807) is 23.9 Å². The van der Waals surface area contributed by atoms with E-state index >= 15 is 0 Å². The Morgan fingerprint density at radius 3 is 2.59 bits per heavy atom. The molecular weight excluding hydrogens is 297 g/mol. The van der Waals surface area contributed by atoms with Crippen LogP contribution < -0.4 is 0 Å². The van der Waals surface area contributed by atoms with Crippen LogP contribution in [0.25, 0.3) is 11.4 Å². The van der Waals surface area contributed by atoms with Gasteiger partial charge in [-0.1, -0.05) is 53.7 Å². The first-order chi connectivity index (χ1) is 10.6. The van der Waals surface area contributed by atoms with Gasteiger partial charge >= 0.3 is 0 Å². The summed E-state index contributed by atoms with van der Waals surface area (Å²) in [6.45, 7) is 2.06. The molecule has 0 aliphatic carbocycles. The number of benzene rings is 2. The highest BCUT2D eigenvalue weighted by atomic mass is 32.2. The van der Waals surface area contributed by atoms with Crippen LogP contribution in [0.5, 0.6) is 0 Å². The monoisotopic (exact) mass is 313 g/mol. The maximum Gasteiger partial charge on any atom is 0.191 e. The first-order valence-electron chi connectivity index (χ1n) is 6.97. The average molecular weight is 313 g/mol. The van der Waals surface area contributed by atoms with Crippen molar-refractivity contribution in [2.75, 3.05) is 0 Å². The van der Waals surface area contributed by atoms with Gasteiger partial charge in [-0.3, -0.25) is 0 Å². The molecule has 0 saturated heterocycles. The second-order valence-electron chi connectivity index (χ2n) is 5.15. The SMILES string of the molecule is Cc1ccc(-c2nnc(SCc3cccc(F)c3)n2C)cc1. The lowest BCUT2D eigenvalue weighted by molar-refractivity contribution is 0.626. The first kappa shape index (κ1) is 14.8. The minimum absolute atomic E-state index is 0.212. The molecule has 0 aliphatic rings. The number of hydrogen-bond donors (Lipinski definition) is 0. The van der Waals surface area contributed by atoms with Crippen molar-refractivity contribution in [3.63, 3.8) is 0 Å². The molecule has 112 valence electrons. The molecule has 0 bridgehead atoms. The second-order valence-corrected chi connectivity index (χ2v) is 6.09. The van der Waals surface area contributed by atoms with E-state index in [0.29, 0.717) is 5.75 Å². The molecule has 3 aromatic rings. The van der Waals surface area contributed by atoms with Crippen molar-refractivity contribution in [2.24, 2.45) is 7.05 Å². The molecular formula is C17H16FN3S. The van der Waals surface area contributed by atoms with Crippen LogP contribution in [0.1, 0.15) is 11.1 Å². The summed E-state index contributed by atoms with van der Waals surface area (Å²) in [4.78, 5) is 0. The largest absolute Gasteiger partial charge is 0.305 e. The number of aromatic nitrogens is 3. The fourth-order valence-electron chi connectivity index (χ4n) is 2.17. The minimum atomic E-state index is -0.212. The van der Waals surface area contributed by atoms with Gasteiger partial charge in [-0.2, -0.15) is 0 Å². The van der Waals surface area contributed by atoms with E-state index in [-0.39, 0.29) is 5.82 Å². The predicted octanol–water partition coefficient (Wildman–Crippen LogP) is 4.22. The van der Waals surface area contributed by atoms with Crippen LogP contribution >= 0.6 is 11.8 Å². The third-order valence-electron chi connectivity index (χ3n) is 3.40. The molecule has 0 radical (unpaired) electrons. The number of halogens is 1. The van der Waals surface area contributed by atoms with E-state index < -0.39 is 0 Å². The fraction of sp³-hybridized carbons (Fsp3) is 0.176. The summed E-state index contributed by atoms with van der Waals surface area (Å²) in [5.41, 5.74) is 3.19. The summed E-state index contributed by atoms with van der Waals surface area (Å²) in [6, 6.07) is 14.8. The molecule has 0 N–H and O–H groups in total. The van der Waals surface area contributed by atoms with Crippen LogP contribution in [0.2, 0.25) is 0 Å². The van der Waals surface area contributed by atoms with Crippen molar-refractivity contribution < 1.29 is 4.39 Å². The molecule has 0 amide bonds. The van der Waals surface area contributed by atoms with Gasteiger partial charge in [-0.05, 0) is 24.6 Å². The minimum Gasteiger partial charge on any atom is -0.305 e. The Labute approximate surface area is 133 Å². The molecule has 1 aromatic heterocycles. The van der Waals surface area contributed by atoms with Crippen LogP contribution in [0.4, 0.5) is 4.39 Å². The highest BCUT2D eigenvalue weighted by Gasteiger charge is 2.11. The zero-order valence-electron chi connectivity index (χ0n) is 12.5. The number of hydrogen-bond acceptors (Lipinski definition) is 3. The molecule has 5 heteroatoms. The average Bonchev–Trinajstić information content (AvgIpc) is 2.87. The van der Waals surface area contributed by atoms with Crippen LogP contribution in [-0.2, 0) is 12.8 Å². The second kappa shape index (κ2) is 6.32. The lowest BCUT2D eigenvalue weighted by atomic mass is 10.1. The fourth-order valence-corrected chi connectivity index (χ4v) is 3.02. The van der Waals surface area contributed by atoms with E-state index in [9.17, 15) is 4.39 Å². The Kier molecular flexibility index (Phi) is 4.24. The molecule has 3 rings (SSSR count). The normalized spacial score (nSPS) is 10.9. The zero-order valence-corrected chi connectivity index (χ0v) is 13.3. The van der Waals surface area contributed by atoms with Crippen molar-refractivity contribution in [1.29, 1.82) is 0 Å². The summed E-state index contributed by atoms with van der Waals surface area (Å²) in [5, 5.41) is 9.32. The highest BCUT2D eigenvalue weighted by Crippen LogP contribution is 2.25. The zero-order chi connectivity index (χ0) is 15.5. The van der Waals surface area contributed by atoms with Gasteiger partial charge in [0.05, 0.1) is 0 Å². The Morgan fingerprint density at radius 2 is 1.86 bits per heavy atom. The smallest absolute Gasteiger partial charge is 0.191 e. The molecule has 0 saturated carbocycles. The van der Waals surface area contributed by atoms with Gasteiger partial charge in [0.25, 0.3) is 0 Å². The Bertz CT molecular complexity index is 781. The van der Waals surface area contributed by atoms with Crippen molar-refractivity contribution in [2.45, 2.75) is 17.8 Å². The molecule has 2 aromatic carbocycles. The lowest BCUT2D eigenvalue weighted by Crippen LogP contribution is -1.95. The molecule has 0 atom stereocenters. The molecule has 0 aliphatic heterocycles. The lowest BCUT2D eigenvalue weighted by Gasteiger charge is -2.04. The summed E-state index contributed by atoms with van der Waals surface area (Å²) in [5.74, 6) is 1.29. The van der Waals surface area contributed by atoms with E-state index in [1.165, 1.54) is 11.6 Å². The van der Waals surface area contributed by atoms with E-state index in [2.05, 4.69) is 29.3 Å². The van der Waals surface area contributed by atoms with Gasteiger partial charge in [0.15, 0.2) is 11.0 Å². The highest BCUT2D eigenvalue weighted by molar-refractivity contribution is 7.98. The van der Waals surface area contributed by atoms with Gasteiger partial charge in [0.2, 0.25) is 0 Å². The van der Waals surface area contributed by atoms with E-state index in [4.69, 9.17) is 0 Å². The Morgan fingerprint density at radius 1 is 1.09 bits per heavy atom. The first-order valence-corrected chi connectivity index (χ1v) is 7.96. The maximum absolute atomic E-state index is 13.2. The van der Waals surface area contributed by atoms with Crippen molar-refractivity contribution in [1.82, 2.24) is 14.8 Å². The van der Waals surface area contributed by atoms with E-state index in [0.717, 1.165) is 22.1 Å². The molecule has 0 unspecified atom stereocenters. The standard InChI is InChI=1S/C17H16FN3S/c1-12-6-8-14(9-7-12)16-19-20-17(21(16)2)22-11-13-4-3-5-15(18)10-13/h3-10H,11H2,1-2H3. The molecule has 3 nitrogen and oxygen atoms in total. The van der Waals surface area contributed by atoms with Gasteiger partial charge < -0.3 is 4.57 Å². The van der Waals surface area contributed by atoms with Crippen molar-refractivity contribution in [3.8, 4) is 11.4 Å². The predicted molar refractivity (Wildman–Crippen MR) is 87.1 cm³/mol. The molecule has 22 heavy (non-hydrogen) atoms. The van der Waals surface area contributed by atoms with Crippen LogP contribution in [-0.4, -0.2) is 14.8 Å². The quantitative estimate of drug-likeness (QED) is 0.676. The summed E-state index contributed by atoms with van der Waals surface area (Å²) in [6.07, 6.45) is 0. The third kappa shape index (κ3) is 3.20. The van der Waals surface area contributed by atoms with Crippen LogP contribution in [0, 0.1) is 12.7 Å². The number of rotatable bonds is 4. The molecule has 0 spiro atoms. The Balaban J connectivity index is 1.77. The number of thioether (sulfide) groups is 1. The number of nitrogens with zero attached hydrogens (tertiary/aromatic N) is 3. The van der Waals surface area contributed by atoms with Gasteiger partial charge in [0, 0.05) is 18.4 Å². The van der Waals surface area contributed by atoms with Gasteiger partial charge in [-0.15, -0.1) is 10.2 Å². The molecule has 1 heterocycles. The topological polar surface area (TPSA) is 30.7 Å². The summed E-state index contributed by atoms with van der Waals surface area (Å²) in [7, 11) is 1.95. The van der Waals surface area contributed by atoms with Crippen LogP contribution in [0.3, 0.4) is 0 Å². The Hall–Kier alpha value is -2.14. The van der Waals surface area contributed by atoms with Crippen molar-refractivity contribution >= 4 is 11.8 Å². The number of aryl methyl sites for hydroxylation is 1. The maximum atomic E-state index is 13.2. The van der Waals surface area contributed by atoms with Gasteiger partial charge in [0.1, 0.15) is 5.82 Å². The van der Waals surface area contributed by atoms with Gasteiger partial charge in [-0.25, -0.2) is 4.39 Å². The molecule has 0 fully saturated rings. The van der Waals surface area contributed by atoms with E-state index in [1.807, 2.05) is 29.8 Å². The third-order valence-corrected chi connectivity index (χ3v) is 4.49. The summed E-state index contributed by atoms with van der Waals surface area (Å²) >= 11 is 1.55.